The minimum Gasteiger partial charge on any atom is -0.356 e. The van der Waals surface area contributed by atoms with E-state index in [0.29, 0.717) is 18.7 Å². The lowest BCUT2D eigenvalue weighted by molar-refractivity contribution is -0.120. The Hall–Kier alpha value is -0.680. The van der Waals surface area contributed by atoms with Crippen molar-refractivity contribution in [2.45, 2.75) is 12.8 Å². The van der Waals surface area contributed by atoms with Gasteiger partial charge in [-0.1, -0.05) is 28.1 Å². The first-order chi connectivity index (χ1) is 8.08. The van der Waals surface area contributed by atoms with E-state index < -0.39 is 10.8 Å². The highest BCUT2D eigenvalue weighted by Gasteiger charge is 2.03. The Bertz CT molecular complexity index is 409. The number of nitrogens with one attached hydrogen (secondary N) is 1. The van der Waals surface area contributed by atoms with E-state index in [-0.39, 0.29) is 5.91 Å². The van der Waals surface area contributed by atoms with Crippen molar-refractivity contribution < 1.29 is 9.00 Å². The van der Waals surface area contributed by atoms with Crippen molar-refractivity contribution in [3.63, 3.8) is 0 Å². The van der Waals surface area contributed by atoms with Gasteiger partial charge in [-0.25, -0.2) is 0 Å². The van der Waals surface area contributed by atoms with Crippen molar-refractivity contribution in [3.8, 4) is 0 Å². The average Bonchev–Trinajstić information content (AvgIpc) is 2.24. The third-order valence-electron chi connectivity index (χ3n) is 2.18. The van der Waals surface area contributed by atoms with Crippen molar-refractivity contribution in [2.75, 3.05) is 18.6 Å². The largest absolute Gasteiger partial charge is 0.356 e. The van der Waals surface area contributed by atoms with Crippen LogP contribution in [-0.2, 0) is 22.0 Å². The summed E-state index contributed by atoms with van der Waals surface area (Å²) in [5, 5.41) is 2.82. The van der Waals surface area contributed by atoms with E-state index in [0.717, 1.165) is 16.5 Å². The molecule has 0 radical (unpaired) electrons. The zero-order valence-electron chi connectivity index (χ0n) is 9.74. The Labute approximate surface area is 113 Å². The number of hydrogen-bond acceptors (Lipinski definition) is 2. The minimum atomic E-state index is -0.779. The molecule has 94 valence electrons. The Morgan fingerprint density at radius 2 is 2.24 bits per heavy atom. The van der Waals surface area contributed by atoms with Crippen LogP contribution in [0.5, 0.6) is 0 Å². The van der Waals surface area contributed by atoms with Crippen LogP contribution in [-0.4, -0.2) is 28.7 Å². The molecule has 1 atom stereocenters. The summed E-state index contributed by atoms with van der Waals surface area (Å²) >= 11 is 3.37. The summed E-state index contributed by atoms with van der Waals surface area (Å²) in [6.07, 6.45) is 2.81. The maximum Gasteiger partial charge on any atom is 0.224 e. The zero-order chi connectivity index (χ0) is 12.7. The Kier molecular flexibility index (Phi) is 6.44. The molecule has 0 spiro atoms. The van der Waals surface area contributed by atoms with Crippen molar-refractivity contribution in [1.82, 2.24) is 5.32 Å². The lowest BCUT2D eigenvalue weighted by Gasteiger charge is -2.05. The molecule has 1 aromatic carbocycles. The number of halogens is 1. The summed E-state index contributed by atoms with van der Waals surface area (Å²) < 4.78 is 11.8. The van der Waals surface area contributed by atoms with Gasteiger partial charge >= 0.3 is 0 Å². The number of rotatable bonds is 6. The van der Waals surface area contributed by atoms with Gasteiger partial charge in [0.05, 0.1) is 6.42 Å². The maximum absolute atomic E-state index is 11.6. The van der Waals surface area contributed by atoms with Crippen molar-refractivity contribution >= 4 is 32.6 Å². The second-order valence-corrected chi connectivity index (χ2v) is 6.26. The molecule has 0 aliphatic heterocycles. The van der Waals surface area contributed by atoms with E-state index in [1.165, 1.54) is 0 Å². The van der Waals surface area contributed by atoms with Gasteiger partial charge in [-0.05, 0) is 24.1 Å². The highest BCUT2D eigenvalue weighted by atomic mass is 79.9. The van der Waals surface area contributed by atoms with E-state index in [9.17, 15) is 9.00 Å². The third-order valence-corrected chi connectivity index (χ3v) is 3.54. The summed E-state index contributed by atoms with van der Waals surface area (Å²) in [6, 6.07) is 7.69. The van der Waals surface area contributed by atoms with Crippen LogP contribution in [0, 0.1) is 0 Å². The van der Waals surface area contributed by atoms with Gasteiger partial charge < -0.3 is 5.32 Å². The van der Waals surface area contributed by atoms with E-state index >= 15 is 0 Å². The molecule has 1 aromatic rings. The molecule has 1 amide bonds. The first-order valence-electron chi connectivity index (χ1n) is 5.39. The third kappa shape index (κ3) is 6.58. The fourth-order valence-electron chi connectivity index (χ4n) is 1.40. The number of carbonyl (C=O) groups is 1. The summed E-state index contributed by atoms with van der Waals surface area (Å²) in [7, 11) is -0.779. The summed E-state index contributed by atoms with van der Waals surface area (Å²) in [5.74, 6) is 0.641. The van der Waals surface area contributed by atoms with Gasteiger partial charge in [0.1, 0.15) is 0 Å². The molecule has 3 nitrogen and oxygen atoms in total. The maximum atomic E-state index is 11.6. The van der Waals surface area contributed by atoms with E-state index in [4.69, 9.17) is 0 Å². The highest BCUT2D eigenvalue weighted by Crippen LogP contribution is 2.11. The first kappa shape index (κ1) is 14.4. The normalized spacial score (nSPS) is 12.1. The van der Waals surface area contributed by atoms with Crippen LogP contribution in [0.15, 0.2) is 28.7 Å². The fraction of sp³-hybridized carbons (Fsp3) is 0.417. The molecule has 1 unspecified atom stereocenters. The number of amides is 1. The summed E-state index contributed by atoms with van der Waals surface area (Å²) in [6.45, 7) is 0.590. The molecule has 17 heavy (non-hydrogen) atoms. The summed E-state index contributed by atoms with van der Waals surface area (Å²) in [5.41, 5.74) is 0.982. The van der Waals surface area contributed by atoms with Gasteiger partial charge in [-0.3, -0.25) is 9.00 Å². The molecule has 0 saturated heterocycles. The van der Waals surface area contributed by atoms with Crippen LogP contribution in [0.25, 0.3) is 0 Å². The Balaban J connectivity index is 2.27. The monoisotopic (exact) mass is 317 g/mol. The molecule has 0 saturated carbocycles. The highest BCUT2D eigenvalue weighted by molar-refractivity contribution is 9.10. The van der Waals surface area contributed by atoms with Gasteiger partial charge in [0, 0.05) is 33.8 Å². The Morgan fingerprint density at radius 1 is 1.47 bits per heavy atom. The molecule has 1 rings (SSSR count). The van der Waals surface area contributed by atoms with Gasteiger partial charge in [0.2, 0.25) is 5.91 Å². The smallest absolute Gasteiger partial charge is 0.224 e. The molecule has 1 N–H and O–H groups in total. The van der Waals surface area contributed by atoms with Crippen molar-refractivity contribution in [1.29, 1.82) is 0 Å². The van der Waals surface area contributed by atoms with Crippen LogP contribution in [0.4, 0.5) is 0 Å². The van der Waals surface area contributed by atoms with Gasteiger partial charge in [0.25, 0.3) is 0 Å². The fourth-order valence-corrected chi connectivity index (χ4v) is 2.40. The van der Waals surface area contributed by atoms with Crippen LogP contribution in [0.2, 0.25) is 0 Å². The predicted octanol–water partition coefficient (Wildman–Crippen LogP) is 1.88. The van der Waals surface area contributed by atoms with Crippen LogP contribution in [0.3, 0.4) is 0 Å². The quantitative estimate of drug-likeness (QED) is 0.814. The standard InChI is InChI=1S/C12H16BrNO2S/c1-17(16)7-3-6-14-12(15)9-10-4-2-5-11(13)8-10/h2,4-5,8H,3,6-7,9H2,1H3,(H,14,15). The molecule has 0 bridgehead atoms. The molecule has 0 fully saturated rings. The molecule has 0 aliphatic carbocycles. The van der Waals surface area contributed by atoms with Crippen LogP contribution >= 0.6 is 15.9 Å². The lowest BCUT2D eigenvalue weighted by atomic mass is 10.1. The number of carbonyl (C=O) groups excluding carboxylic acids is 1. The Morgan fingerprint density at radius 3 is 2.88 bits per heavy atom. The molecule has 0 aromatic heterocycles. The van der Waals surface area contributed by atoms with Crippen molar-refractivity contribution in [2.24, 2.45) is 0 Å². The molecular weight excluding hydrogens is 302 g/mol. The SMILES string of the molecule is CS(=O)CCCNC(=O)Cc1cccc(Br)c1. The molecule has 0 aliphatic rings. The zero-order valence-corrected chi connectivity index (χ0v) is 12.1. The van der Waals surface area contributed by atoms with Gasteiger partial charge in [-0.15, -0.1) is 0 Å². The average molecular weight is 318 g/mol. The number of benzene rings is 1. The first-order valence-corrected chi connectivity index (χ1v) is 7.91. The minimum absolute atomic E-state index is 0.00462. The van der Waals surface area contributed by atoms with Gasteiger partial charge in [0.15, 0.2) is 0 Å². The molecule has 0 heterocycles. The van der Waals surface area contributed by atoms with E-state index in [2.05, 4.69) is 21.2 Å². The van der Waals surface area contributed by atoms with E-state index in [1.807, 2.05) is 24.3 Å². The lowest BCUT2D eigenvalue weighted by Crippen LogP contribution is -2.26. The topological polar surface area (TPSA) is 46.2 Å². The molecule has 5 heteroatoms. The second-order valence-electron chi connectivity index (χ2n) is 3.79. The molecular formula is C12H16BrNO2S. The predicted molar refractivity (Wildman–Crippen MR) is 74.4 cm³/mol. The van der Waals surface area contributed by atoms with E-state index in [1.54, 1.807) is 6.26 Å². The van der Waals surface area contributed by atoms with Crippen LogP contribution in [0.1, 0.15) is 12.0 Å². The summed E-state index contributed by atoms with van der Waals surface area (Å²) in [4.78, 5) is 11.6. The van der Waals surface area contributed by atoms with Gasteiger partial charge in [-0.2, -0.15) is 0 Å². The second kappa shape index (κ2) is 7.61. The van der Waals surface area contributed by atoms with Crippen molar-refractivity contribution in [3.05, 3.63) is 34.3 Å². The van der Waals surface area contributed by atoms with Crippen LogP contribution < -0.4 is 5.32 Å². The number of hydrogen-bond donors (Lipinski definition) is 1.